The minimum absolute atomic E-state index is 0.000173. The van der Waals surface area contributed by atoms with Gasteiger partial charge in [-0.1, -0.05) is 45.9 Å². The topological polar surface area (TPSA) is 49.3 Å². The van der Waals surface area contributed by atoms with Crippen LogP contribution in [0.25, 0.3) is 0 Å². The summed E-state index contributed by atoms with van der Waals surface area (Å²) in [5.41, 5.74) is 3.44. The summed E-state index contributed by atoms with van der Waals surface area (Å²) in [5, 5.41) is 13.4. The molecule has 0 heterocycles. The molecule has 1 aromatic carbocycles. The average Bonchev–Trinajstić information content (AvgIpc) is 2.46. The van der Waals surface area contributed by atoms with Gasteiger partial charge in [-0.2, -0.15) is 0 Å². The number of aliphatic hydroxyl groups is 1. The maximum Gasteiger partial charge on any atom is 0.223 e. The maximum atomic E-state index is 12.0. The fraction of sp³-hybridized carbons (Fsp3) is 0.611. The van der Waals surface area contributed by atoms with E-state index in [1.165, 1.54) is 11.1 Å². The van der Waals surface area contributed by atoms with Crippen LogP contribution in [0.2, 0.25) is 0 Å². The molecule has 2 rings (SSSR count). The molecule has 0 saturated heterocycles. The lowest BCUT2D eigenvalue weighted by Gasteiger charge is -2.28. The molecule has 2 unspecified atom stereocenters. The van der Waals surface area contributed by atoms with Crippen LogP contribution >= 0.6 is 0 Å². The second kappa shape index (κ2) is 6.61. The largest absolute Gasteiger partial charge is 0.388 e. The molecule has 0 aliphatic heterocycles. The van der Waals surface area contributed by atoms with Crippen molar-refractivity contribution < 1.29 is 9.90 Å². The van der Waals surface area contributed by atoms with Crippen molar-refractivity contribution in [2.45, 2.75) is 59.1 Å². The molecule has 1 aliphatic rings. The van der Waals surface area contributed by atoms with Gasteiger partial charge in [-0.05, 0) is 41.9 Å². The number of aliphatic hydroxyl groups excluding tert-OH is 1. The van der Waals surface area contributed by atoms with Crippen molar-refractivity contribution in [3.8, 4) is 0 Å². The minimum atomic E-state index is -0.446. The number of aryl methyl sites for hydroxylation is 1. The van der Waals surface area contributed by atoms with Crippen molar-refractivity contribution >= 4 is 5.91 Å². The predicted molar refractivity (Wildman–Crippen MR) is 84.9 cm³/mol. The Kier molecular flexibility index (Phi) is 5.04. The average molecular weight is 289 g/mol. The first-order valence-electron chi connectivity index (χ1n) is 8.01. The molecule has 0 saturated carbocycles. The Bertz CT molecular complexity index is 508. The monoisotopic (exact) mass is 289 g/mol. The Morgan fingerprint density at radius 1 is 1.29 bits per heavy atom. The third-order valence-corrected chi connectivity index (χ3v) is 4.30. The molecule has 0 spiro atoms. The van der Waals surface area contributed by atoms with Crippen LogP contribution in [0, 0.1) is 11.8 Å². The molecule has 1 aliphatic carbocycles. The molecular formula is C18H27NO2. The van der Waals surface area contributed by atoms with E-state index in [0.29, 0.717) is 0 Å². The van der Waals surface area contributed by atoms with Gasteiger partial charge in [0.2, 0.25) is 5.91 Å². The van der Waals surface area contributed by atoms with Gasteiger partial charge in [0.15, 0.2) is 0 Å². The predicted octanol–water partition coefficient (Wildman–Crippen LogP) is 3.53. The van der Waals surface area contributed by atoms with Crippen LogP contribution in [0.15, 0.2) is 18.2 Å². The summed E-state index contributed by atoms with van der Waals surface area (Å²) < 4.78 is 0. The number of nitrogens with one attached hydrogen (secondary N) is 1. The number of rotatable bonds is 4. The number of carbonyl (C=O) groups excluding carboxylic acids is 1. The number of amides is 1. The first-order chi connectivity index (χ1) is 9.90. The maximum absolute atomic E-state index is 12.0. The van der Waals surface area contributed by atoms with Crippen molar-refractivity contribution in [3.05, 3.63) is 34.9 Å². The standard InChI is InChI=1S/C18H27NO2/c1-11(2)17(20)14-9-8-13-6-5-7-16(15(13)10-14)19-18(21)12(3)4/h8-12,16-17,20H,5-7H2,1-4H3,(H,19,21). The molecule has 0 bridgehead atoms. The Morgan fingerprint density at radius 2 is 2.00 bits per heavy atom. The summed E-state index contributed by atoms with van der Waals surface area (Å²) in [6, 6.07) is 6.31. The van der Waals surface area contributed by atoms with Gasteiger partial charge in [0.05, 0.1) is 12.1 Å². The van der Waals surface area contributed by atoms with Gasteiger partial charge in [0, 0.05) is 5.92 Å². The highest BCUT2D eigenvalue weighted by Gasteiger charge is 2.24. The fourth-order valence-electron chi connectivity index (χ4n) is 2.87. The Hall–Kier alpha value is -1.35. The highest BCUT2D eigenvalue weighted by molar-refractivity contribution is 5.78. The second-order valence-electron chi connectivity index (χ2n) is 6.76. The number of hydrogen-bond acceptors (Lipinski definition) is 2. The molecule has 1 amide bonds. The van der Waals surface area contributed by atoms with Crippen molar-refractivity contribution in [2.75, 3.05) is 0 Å². The summed E-state index contributed by atoms with van der Waals surface area (Å²) in [7, 11) is 0. The lowest BCUT2D eigenvalue weighted by Crippen LogP contribution is -2.33. The van der Waals surface area contributed by atoms with Crippen molar-refractivity contribution in [3.63, 3.8) is 0 Å². The summed E-state index contributed by atoms with van der Waals surface area (Å²) in [5.74, 6) is 0.290. The van der Waals surface area contributed by atoms with E-state index in [1.807, 2.05) is 33.8 Å². The fourth-order valence-corrected chi connectivity index (χ4v) is 2.87. The van der Waals surface area contributed by atoms with Crippen LogP contribution < -0.4 is 5.32 Å². The quantitative estimate of drug-likeness (QED) is 0.891. The number of carbonyl (C=O) groups is 1. The van der Waals surface area contributed by atoms with E-state index in [2.05, 4.69) is 17.4 Å². The number of hydrogen-bond donors (Lipinski definition) is 2. The van der Waals surface area contributed by atoms with E-state index < -0.39 is 6.10 Å². The van der Waals surface area contributed by atoms with Crippen LogP contribution in [0.3, 0.4) is 0 Å². The van der Waals surface area contributed by atoms with Crippen LogP contribution in [0.1, 0.15) is 69.4 Å². The molecule has 2 atom stereocenters. The van der Waals surface area contributed by atoms with E-state index in [0.717, 1.165) is 24.8 Å². The van der Waals surface area contributed by atoms with E-state index in [1.54, 1.807) is 0 Å². The Labute approximate surface area is 127 Å². The first-order valence-corrected chi connectivity index (χ1v) is 8.01. The smallest absolute Gasteiger partial charge is 0.223 e. The first kappa shape index (κ1) is 16.0. The Balaban J connectivity index is 2.27. The van der Waals surface area contributed by atoms with Crippen LogP contribution in [0.5, 0.6) is 0 Å². The third-order valence-electron chi connectivity index (χ3n) is 4.30. The summed E-state index contributed by atoms with van der Waals surface area (Å²) >= 11 is 0. The zero-order valence-electron chi connectivity index (χ0n) is 13.5. The van der Waals surface area contributed by atoms with Crippen LogP contribution in [-0.2, 0) is 11.2 Å². The van der Waals surface area contributed by atoms with Crippen LogP contribution in [-0.4, -0.2) is 11.0 Å². The lowest BCUT2D eigenvalue weighted by atomic mass is 9.84. The molecule has 0 fully saturated rings. The molecular weight excluding hydrogens is 262 g/mol. The molecule has 2 N–H and O–H groups in total. The molecule has 1 aromatic rings. The highest BCUT2D eigenvalue weighted by atomic mass is 16.3. The SMILES string of the molecule is CC(C)C(=O)NC1CCCc2ccc(C(O)C(C)C)cc21. The van der Waals surface area contributed by atoms with Gasteiger partial charge in [0.25, 0.3) is 0 Å². The molecule has 0 radical (unpaired) electrons. The van der Waals surface area contributed by atoms with Gasteiger partial charge in [-0.3, -0.25) is 4.79 Å². The van der Waals surface area contributed by atoms with E-state index in [-0.39, 0.29) is 23.8 Å². The zero-order chi connectivity index (χ0) is 15.6. The minimum Gasteiger partial charge on any atom is -0.388 e. The number of benzene rings is 1. The molecule has 21 heavy (non-hydrogen) atoms. The van der Waals surface area contributed by atoms with Crippen LogP contribution in [0.4, 0.5) is 0 Å². The summed E-state index contributed by atoms with van der Waals surface area (Å²) in [4.78, 5) is 12.0. The second-order valence-corrected chi connectivity index (χ2v) is 6.76. The highest BCUT2D eigenvalue weighted by Crippen LogP contribution is 2.33. The zero-order valence-corrected chi connectivity index (χ0v) is 13.5. The van der Waals surface area contributed by atoms with Gasteiger partial charge >= 0.3 is 0 Å². The molecule has 0 aromatic heterocycles. The van der Waals surface area contributed by atoms with E-state index in [9.17, 15) is 9.90 Å². The number of fused-ring (bicyclic) bond motifs is 1. The van der Waals surface area contributed by atoms with E-state index >= 15 is 0 Å². The van der Waals surface area contributed by atoms with Gasteiger partial charge in [-0.25, -0.2) is 0 Å². The lowest BCUT2D eigenvalue weighted by molar-refractivity contribution is -0.124. The molecule has 3 heteroatoms. The van der Waals surface area contributed by atoms with E-state index in [4.69, 9.17) is 0 Å². The van der Waals surface area contributed by atoms with Crippen molar-refractivity contribution in [1.29, 1.82) is 0 Å². The molecule has 3 nitrogen and oxygen atoms in total. The summed E-state index contributed by atoms with van der Waals surface area (Å²) in [6.45, 7) is 7.86. The van der Waals surface area contributed by atoms with Gasteiger partial charge in [0.1, 0.15) is 0 Å². The molecule has 116 valence electrons. The van der Waals surface area contributed by atoms with Gasteiger partial charge < -0.3 is 10.4 Å². The third kappa shape index (κ3) is 3.65. The van der Waals surface area contributed by atoms with Crippen molar-refractivity contribution in [1.82, 2.24) is 5.32 Å². The normalized spacial score (nSPS) is 19.5. The Morgan fingerprint density at radius 3 is 2.62 bits per heavy atom. The van der Waals surface area contributed by atoms with Crippen molar-refractivity contribution in [2.24, 2.45) is 11.8 Å². The summed E-state index contributed by atoms with van der Waals surface area (Å²) in [6.07, 6.45) is 2.69. The van der Waals surface area contributed by atoms with Gasteiger partial charge in [-0.15, -0.1) is 0 Å².